The van der Waals surface area contributed by atoms with Crippen molar-refractivity contribution < 1.29 is 8.42 Å². The fourth-order valence-electron chi connectivity index (χ4n) is 1.92. The molecule has 114 valence electrons. The number of nitrogens with two attached hydrogens (primary N) is 1. The predicted molar refractivity (Wildman–Crippen MR) is 84.0 cm³/mol. The van der Waals surface area contributed by atoms with Crippen molar-refractivity contribution in [3.05, 3.63) is 41.2 Å². The molecule has 1 atom stereocenters. The summed E-state index contributed by atoms with van der Waals surface area (Å²) in [5.41, 5.74) is 6.49. The SMILES string of the molecule is CCC(C)n1ccc(CS(=O)(=O)c2cc(N)ccc2Cl)n1. The maximum atomic E-state index is 12.4. The lowest BCUT2D eigenvalue weighted by Crippen LogP contribution is -2.09. The molecule has 0 fully saturated rings. The summed E-state index contributed by atoms with van der Waals surface area (Å²) in [6.07, 6.45) is 2.72. The number of hydrogen-bond donors (Lipinski definition) is 1. The fraction of sp³-hybridized carbons (Fsp3) is 0.357. The molecule has 2 rings (SSSR count). The van der Waals surface area contributed by atoms with E-state index in [1.807, 2.05) is 6.92 Å². The molecular formula is C14H18ClN3O2S. The van der Waals surface area contributed by atoms with Crippen LogP contribution in [0.2, 0.25) is 5.02 Å². The largest absolute Gasteiger partial charge is 0.399 e. The quantitative estimate of drug-likeness (QED) is 0.856. The monoisotopic (exact) mass is 327 g/mol. The van der Waals surface area contributed by atoms with Crippen LogP contribution in [0.15, 0.2) is 35.4 Å². The Labute approximate surface area is 129 Å². The average Bonchev–Trinajstić information content (AvgIpc) is 2.88. The van der Waals surface area contributed by atoms with Gasteiger partial charge in [0.15, 0.2) is 9.84 Å². The summed E-state index contributed by atoms with van der Waals surface area (Å²) in [6, 6.07) is 6.38. The first kappa shape index (κ1) is 15.9. The Morgan fingerprint density at radius 3 is 2.76 bits per heavy atom. The number of benzene rings is 1. The van der Waals surface area contributed by atoms with Gasteiger partial charge >= 0.3 is 0 Å². The van der Waals surface area contributed by atoms with Gasteiger partial charge in [-0.05, 0) is 37.6 Å². The molecule has 5 nitrogen and oxygen atoms in total. The molecular weight excluding hydrogens is 310 g/mol. The van der Waals surface area contributed by atoms with Gasteiger partial charge in [-0.3, -0.25) is 4.68 Å². The minimum absolute atomic E-state index is 0.0438. The van der Waals surface area contributed by atoms with Crippen LogP contribution in [0.3, 0.4) is 0 Å². The molecule has 7 heteroatoms. The highest BCUT2D eigenvalue weighted by Gasteiger charge is 2.21. The topological polar surface area (TPSA) is 78.0 Å². The number of rotatable bonds is 5. The predicted octanol–water partition coefficient (Wildman–Crippen LogP) is 3.06. The number of nitrogen functional groups attached to an aromatic ring is 1. The summed E-state index contributed by atoms with van der Waals surface area (Å²) in [6.45, 7) is 4.08. The van der Waals surface area contributed by atoms with Crippen molar-refractivity contribution in [1.82, 2.24) is 9.78 Å². The Hall–Kier alpha value is -1.53. The molecule has 0 radical (unpaired) electrons. The van der Waals surface area contributed by atoms with E-state index in [1.54, 1.807) is 23.0 Å². The Bertz CT molecular complexity index is 740. The lowest BCUT2D eigenvalue weighted by Gasteiger charge is -2.09. The third kappa shape index (κ3) is 3.57. The van der Waals surface area contributed by atoms with Gasteiger partial charge in [0.2, 0.25) is 0 Å². The molecule has 0 amide bonds. The molecule has 1 unspecified atom stereocenters. The average molecular weight is 328 g/mol. The van der Waals surface area contributed by atoms with Crippen LogP contribution in [0.1, 0.15) is 32.0 Å². The van der Waals surface area contributed by atoms with E-state index in [0.717, 1.165) is 6.42 Å². The van der Waals surface area contributed by atoms with Crippen molar-refractivity contribution in [2.45, 2.75) is 37.0 Å². The Kier molecular flexibility index (Phi) is 4.58. The lowest BCUT2D eigenvalue weighted by molar-refractivity contribution is 0.475. The third-order valence-corrected chi connectivity index (χ3v) is 5.46. The first-order valence-corrected chi connectivity index (χ1v) is 8.68. The first-order chi connectivity index (χ1) is 9.83. The van der Waals surface area contributed by atoms with Crippen molar-refractivity contribution in [2.75, 3.05) is 5.73 Å². The zero-order valence-electron chi connectivity index (χ0n) is 12.0. The number of nitrogens with zero attached hydrogens (tertiary/aromatic N) is 2. The van der Waals surface area contributed by atoms with Crippen LogP contribution in [0.4, 0.5) is 5.69 Å². The molecule has 1 aromatic carbocycles. The smallest absolute Gasteiger partial charge is 0.185 e. The first-order valence-electron chi connectivity index (χ1n) is 6.65. The molecule has 0 bridgehead atoms. The summed E-state index contributed by atoms with van der Waals surface area (Å²) < 4.78 is 26.6. The van der Waals surface area contributed by atoms with Crippen molar-refractivity contribution in [3.63, 3.8) is 0 Å². The van der Waals surface area contributed by atoms with Gasteiger partial charge in [-0.2, -0.15) is 5.10 Å². The van der Waals surface area contributed by atoms with Gasteiger partial charge in [0, 0.05) is 17.9 Å². The number of aromatic nitrogens is 2. The molecule has 0 aliphatic heterocycles. The number of halogens is 1. The summed E-state index contributed by atoms with van der Waals surface area (Å²) in [5.74, 6) is -0.195. The van der Waals surface area contributed by atoms with Gasteiger partial charge in [0.05, 0.1) is 21.4 Å². The van der Waals surface area contributed by atoms with E-state index in [4.69, 9.17) is 17.3 Å². The molecule has 0 aliphatic rings. The maximum Gasteiger partial charge on any atom is 0.185 e. The minimum atomic E-state index is -3.57. The second kappa shape index (κ2) is 6.07. The van der Waals surface area contributed by atoms with Crippen molar-refractivity contribution >= 4 is 27.1 Å². The molecule has 0 saturated carbocycles. The van der Waals surface area contributed by atoms with Gasteiger partial charge < -0.3 is 5.73 Å². The highest BCUT2D eigenvalue weighted by Crippen LogP contribution is 2.26. The fourth-order valence-corrected chi connectivity index (χ4v) is 3.77. The summed E-state index contributed by atoms with van der Waals surface area (Å²) in [5, 5.41) is 4.48. The van der Waals surface area contributed by atoms with E-state index >= 15 is 0 Å². The molecule has 1 aromatic heterocycles. The van der Waals surface area contributed by atoms with Crippen molar-refractivity contribution in [3.8, 4) is 0 Å². The van der Waals surface area contributed by atoms with E-state index in [0.29, 0.717) is 11.4 Å². The highest BCUT2D eigenvalue weighted by atomic mass is 35.5. The molecule has 0 saturated heterocycles. The van der Waals surface area contributed by atoms with Gasteiger partial charge in [-0.15, -0.1) is 0 Å². The second-order valence-electron chi connectivity index (χ2n) is 4.99. The van der Waals surface area contributed by atoms with Crippen LogP contribution in [-0.4, -0.2) is 18.2 Å². The summed E-state index contributed by atoms with van der Waals surface area (Å²) in [4.78, 5) is 0.0438. The molecule has 2 aromatic rings. The normalized spacial score (nSPS) is 13.3. The van der Waals surface area contributed by atoms with Gasteiger partial charge in [-0.1, -0.05) is 18.5 Å². The minimum Gasteiger partial charge on any atom is -0.399 e. The third-order valence-electron chi connectivity index (χ3n) is 3.33. The van der Waals surface area contributed by atoms with Crippen LogP contribution in [0, 0.1) is 0 Å². The van der Waals surface area contributed by atoms with Crippen molar-refractivity contribution in [1.29, 1.82) is 0 Å². The molecule has 0 aliphatic carbocycles. The van der Waals surface area contributed by atoms with Crippen LogP contribution >= 0.6 is 11.6 Å². The van der Waals surface area contributed by atoms with E-state index in [9.17, 15) is 8.42 Å². The molecule has 1 heterocycles. The van der Waals surface area contributed by atoms with E-state index in [2.05, 4.69) is 12.0 Å². The van der Waals surface area contributed by atoms with Gasteiger partial charge in [0.1, 0.15) is 0 Å². The Morgan fingerprint density at radius 2 is 2.10 bits per heavy atom. The van der Waals surface area contributed by atoms with Crippen LogP contribution in [0.25, 0.3) is 0 Å². The zero-order valence-corrected chi connectivity index (χ0v) is 13.5. The number of hydrogen-bond acceptors (Lipinski definition) is 4. The number of anilines is 1. The lowest BCUT2D eigenvalue weighted by atomic mass is 10.3. The molecule has 21 heavy (non-hydrogen) atoms. The summed E-state index contributed by atoms with van der Waals surface area (Å²) >= 11 is 5.96. The maximum absolute atomic E-state index is 12.4. The highest BCUT2D eigenvalue weighted by molar-refractivity contribution is 7.90. The second-order valence-corrected chi connectivity index (χ2v) is 7.36. The van der Waals surface area contributed by atoms with Crippen LogP contribution < -0.4 is 5.73 Å². The standard InChI is InChI=1S/C14H18ClN3O2S/c1-3-10(2)18-7-6-12(17-18)9-21(19,20)14-8-11(16)4-5-13(14)15/h4-8,10H,3,9,16H2,1-2H3. The van der Waals surface area contributed by atoms with E-state index < -0.39 is 9.84 Å². The van der Waals surface area contributed by atoms with Crippen LogP contribution in [-0.2, 0) is 15.6 Å². The Balaban J connectivity index is 2.29. The molecule has 2 N–H and O–H groups in total. The number of sulfone groups is 1. The molecule has 0 spiro atoms. The van der Waals surface area contributed by atoms with Crippen molar-refractivity contribution in [2.24, 2.45) is 0 Å². The van der Waals surface area contributed by atoms with Crippen LogP contribution in [0.5, 0.6) is 0 Å². The van der Waals surface area contributed by atoms with E-state index in [1.165, 1.54) is 12.1 Å². The Morgan fingerprint density at radius 1 is 1.38 bits per heavy atom. The zero-order chi connectivity index (χ0) is 15.6. The van der Waals surface area contributed by atoms with E-state index in [-0.39, 0.29) is 21.7 Å². The summed E-state index contributed by atoms with van der Waals surface area (Å²) in [7, 11) is -3.57. The van der Waals surface area contributed by atoms with Gasteiger partial charge in [0.25, 0.3) is 0 Å². The van der Waals surface area contributed by atoms with Gasteiger partial charge in [-0.25, -0.2) is 8.42 Å².